The maximum absolute atomic E-state index is 10.9. The summed E-state index contributed by atoms with van der Waals surface area (Å²) >= 11 is 0. The Morgan fingerprint density at radius 1 is 0.564 bits per heavy atom. The Hall–Kier alpha value is -3.18. The summed E-state index contributed by atoms with van der Waals surface area (Å²) in [6, 6.07) is 22.5. The molecule has 1 fully saturated rings. The fourth-order valence-corrected chi connectivity index (χ4v) is 4.35. The van der Waals surface area contributed by atoms with Gasteiger partial charge < -0.3 is 43.4 Å². The fraction of sp³-hybridized carbons (Fsp3) is 0.400. The van der Waals surface area contributed by atoms with E-state index in [2.05, 4.69) is 0 Å². The van der Waals surface area contributed by atoms with Crippen LogP contribution in [0.4, 0.5) is 0 Å². The van der Waals surface area contributed by atoms with E-state index in [-0.39, 0.29) is 26.4 Å². The average Bonchev–Trinajstić information content (AvgIpc) is 2.99. The first-order chi connectivity index (χ1) is 19.0. The summed E-state index contributed by atoms with van der Waals surface area (Å²) in [6.07, 6.45) is -4.50. The van der Waals surface area contributed by atoms with Crippen LogP contribution < -0.4 is 14.2 Å². The standard InChI is InChI=1S/C30H36O9/c1-33-23-10-4-20(5-11-23)17-36-27-26(16-31)39-30(32)29(38-19-22-8-14-25(35-3)15-9-22)28(27)37-18-21-6-12-24(34-2)13-7-21/h4-15,26-32H,16-19H2,1-3H3/t26-,27+,28+,29-,30-/m1/s1. The average molecular weight is 541 g/mol. The molecule has 0 amide bonds. The van der Waals surface area contributed by atoms with Gasteiger partial charge in [0.15, 0.2) is 6.29 Å². The Morgan fingerprint density at radius 2 is 0.923 bits per heavy atom. The number of benzene rings is 3. The highest BCUT2D eigenvalue weighted by Crippen LogP contribution is 2.30. The van der Waals surface area contributed by atoms with Crippen molar-refractivity contribution in [3.8, 4) is 17.2 Å². The third-order valence-electron chi connectivity index (χ3n) is 6.59. The predicted molar refractivity (Wildman–Crippen MR) is 143 cm³/mol. The molecule has 1 aliphatic rings. The summed E-state index contributed by atoms with van der Waals surface area (Å²) < 4.78 is 40.2. The molecule has 210 valence electrons. The molecule has 0 saturated carbocycles. The molecule has 39 heavy (non-hydrogen) atoms. The smallest absolute Gasteiger partial charge is 0.184 e. The zero-order valence-corrected chi connectivity index (χ0v) is 22.4. The van der Waals surface area contributed by atoms with Crippen molar-refractivity contribution >= 4 is 0 Å². The van der Waals surface area contributed by atoms with Crippen molar-refractivity contribution in [3.63, 3.8) is 0 Å². The Morgan fingerprint density at radius 3 is 1.28 bits per heavy atom. The van der Waals surface area contributed by atoms with E-state index in [0.717, 1.165) is 33.9 Å². The van der Waals surface area contributed by atoms with Crippen molar-refractivity contribution in [3.05, 3.63) is 89.5 Å². The molecule has 9 nitrogen and oxygen atoms in total. The highest BCUT2D eigenvalue weighted by Gasteiger charge is 2.47. The topological polar surface area (TPSA) is 105 Å². The van der Waals surface area contributed by atoms with Crippen molar-refractivity contribution in [2.75, 3.05) is 27.9 Å². The summed E-state index contributed by atoms with van der Waals surface area (Å²) in [5, 5.41) is 21.0. The maximum atomic E-state index is 10.9. The molecule has 0 aromatic heterocycles. The lowest BCUT2D eigenvalue weighted by atomic mass is 9.98. The molecule has 3 aromatic rings. The van der Waals surface area contributed by atoms with Gasteiger partial charge in [-0.2, -0.15) is 0 Å². The van der Waals surface area contributed by atoms with Gasteiger partial charge in [-0.25, -0.2) is 0 Å². The van der Waals surface area contributed by atoms with Gasteiger partial charge in [0.05, 0.1) is 47.8 Å². The van der Waals surface area contributed by atoms with Crippen LogP contribution in [0.25, 0.3) is 0 Å². The van der Waals surface area contributed by atoms with Crippen molar-refractivity contribution < 1.29 is 43.4 Å². The molecule has 1 aliphatic heterocycles. The number of hydrogen-bond donors (Lipinski definition) is 2. The quantitative estimate of drug-likeness (QED) is 0.337. The molecule has 0 aliphatic carbocycles. The number of methoxy groups -OCH3 is 3. The molecule has 4 rings (SSSR count). The summed E-state index contributed by atoms with van der Waals surface area (Å²) in [5.74, 6) is 2.21. The van der Waals surface area contributed by atoms with Crippen molar-refractivity contribution in [2.45, 2.75) is 50.5 Å². The second-order valence-electron chi connectivity index (χ2n) is 9.12. The molecule has 0 unspecified atom stereocenters. The molecule has 5 atom stereocenters. The largest absolute Gasteiger partial charge is 0.497 e. The van der Waals surface area contributed by atoms with E-state index in [1.54, 1.807) is 21.3 Å². The molecule has 9 heteroatoms. The van der Waals surface area contributed by atoms with E-state index in [1.165, 1.54) is 0 Å². The van der Waals surface area contributed by atoms with Gasteiger partial charge in [0.2, 0.25) is 0 Å². The first kappa shape index (κ1) is 28.8. The van der Waals surface area contributed by atoms with Crippen LogP contribution in [0.1, 0.15) is 16.7 Å². The zero-order valence-electron chi connectivity index (χ0n) is 22.4. The lowest BCUT2D eigenvalue weighted by Crippen LogP contribution is -2.61. The lowest BCUT2D eigenvalue weighted by molar-refractivity contribution is -0.315. The van der Waals surface area contributed by atoms with E-state index in [0.29, 0.717) is 0 Å². The molecule has 1 heterocycles. The third-order valence-corrected chi connectivity index (χ3v) is 6.59. The van der Waals surface area contributed by atoms with Crippen LogP contribution in [0.5, 0.6) is 17.2 Å². The number of ether oxygens (including phenoxy) is 7. The van der Waals surface area contributed by atoms with E-state index in [4.69, 9.17) is 33.2 Å². The van der Waals surface area contributed by atoms with Crippen LogP contribution in [-0.2, 0) is 38.8 Å². The lowest BCUT2D eigenvalue weighted by Gasteiger charge is -2.44. The molecular weight excluding hydrogens is 504 g/mol. The normalized spacial score (nSPS) is 22.8. The van der Waals surface area contributed by atoms with E-state index in [9.17, 15) is 10.2 Å². The zero-order chi connectivity index (χ0) is 27.6. The van der Waals surface area contributed by atoms with Gasteiger partial charge in [0.1, 0.15) is 41.7 Å². The van der Waals surface area contributed by atoms with Crippen LogP contribution in [-0.4, -0.2) is 68.9 Å². The van der Waals surface area contributed by atoms with E-state index >= 15 is 0 Å². The molecular formula is C30H36O9. The van der Waals surface area contributed by atoms with Crippen LogP contribution in [0.15, 0.2) is 72.8 Å². The van der Waals surface area contributed by atoms with E-state index < -0.39 is 30.7 Å². The van der Waals surface area contributed by atoms with Crippen LogP contribution in [0.3, 0.4) is 0 Å². The minimum Gasteiger partial charge on any atom is -0.497 e. The Balaban J connectivity index is 1.53. The summed E-state index contributed by atoms with van der Waals surface area (Å²) in [7, 11) is 4.83. The van der Waals surface area contributed by atoms with Gasteiger partial charge in [-0.1, -0.05) is 36.4 Å². The van der Waals surface area contributed by atoms with Crippen molar-refractivity contribution in [2.24, 2.45) is 0 Å². The predicted octanol–water partition coefficient (Wildman–Crippen LogP) is 3.48. The molecule has 0 spiro atoms. The molecule has 3 aromatic carbocycles. The Kier molecular flexibility index (Phi) is 10.5. The number of aliphatic hydroxyl groups excluding tert-OH is 2. The van der Waals surface area contributed by atoms with Crippen LogP contribution in [0, 0.1) is 0 Å². The second-order valence-corrected chi connectivity index (χ2v) is 9.12. The molecule has 0 radical (unpaired) electrons. The van der Waals surface area contributed by atoms with Gasteiger partial charge in [-0.15, -0.1) is 0 Å². The Bertz CT molecular complexity index is 1120. The number of hydrogen-bond acceptors (Lipinski definition) is 9. The third kappa shape index (κ3) is 7.69. The minimum absolute atomic E-state index is 0.201. The second kappa shape index (κ2) is 14.3. The summed E-state index contributed by atoms with van der Waals surface area (Å²) in [4.78, 5) is 0. The Labute approximate surface area is 228 Å². The molecule has 1 saturated heterocycles. The first-order valence-electron chi connectivity index (χ1n) is 12.7. The summed E-state index contributed by atoms with van der Waals surface area (Å²) in [5.41, 5.74) is 2.69. The maximum Gasteiger partial charge on any atom is 0.184 e. The van der Waals surface area contributed by atoms with Crippen LogP contribution in [0.2, 0.25) is 0 Å². The minimum atomic E-state index is -1.33. The fourth-order valence-electron chi connectivity index (χ4n) is 4.35. The van der Waals surface area contributed by atoms with Gasteiger partial charge in [0.25, 0.3) is 0 Å². The van der Waals surface area contributed by atoms with Gasteiger partial charge in [-0.05, 0) is 53.1 Å². The van der Waals surface area contributed by atoms with Gasteiger partial charge in [-0.3, -0.25) is 0 Å². The number of rotatable bonds is 13. The SMILES string of the molecule is COc1ccc(CO[C@@H]2[C@@H](OCc3ccc(OC)cc3)[C@H](O)O[C@H](CO)[C@@H]2OCc2ccc(OC)cc2)cc1. The molecule has 0 bridgehead atoms. The van der Waals surface area contributed by atoms with Gasteiger partial charge in [0, 0.05) is 0 Å². The highest BCUT2D eigenvalue weighted by molar-refractivity contribution is 5.28. The first-order valence-corrected chi connectivity index (χ1v) is 12.7. The van der Waals surface area contributed by atoms with Crippen molar-refractivity contribution in [1.82, 2.24) is 0 Å². The van der Waals surface area contributed by atoms with Crippen LogP contribution >= 0.6 is 0 Å². The number of aliphatic hydroxyl groups is 2. The van der Waals surface area contributed by atoms with E-state index in [1.807, 2.05) is 72.8 Å². The van der Waals surface area contributed by atoms with Crippen molar-refractivity contribution in [1.29, 1.82) is 0 Å². The monoisotopic (exact) mass is 540 g/mol. The molecule has 2 N–H and O–H groups in total. The van der Waals surface area contributed by atoms with Gasteiger partial charge >= 0.3 is 0 Å². The highest BCUT2D eigenvalue weighted by atomic mass is 16.7. The summed E-state index contributed by atoms with van der Waals surface area (Å²) in [6.45, 7) is 0.299.